The molecular formula is C22H25ClFN5O3. The van der Waals surface area contributed by atoms with Gasteiger partial charge in [0.2, 0.25) is 0 Å². The summed E-state index contributed by atoms with van der Waals surface area (Å²) in [5, 5.41) is 13.3. The van der Waals surface area contributed by atoms with Gasteiger partial charge in [-0.1, -0.05) is 17.7 Å². The van der Waals surface area contributed by atoms with E-state index in [2.05, 4.69) is 15.3 Å². The molecular weight excluding hydrogens is 437 g/mol. The number of likely N-dealkylation sites (N-methyl/N-ethyl adjacent to an activating group) is 2. The lowest BCUT2D eigenvalue weighted by Gasteiger charge is -2.27. The zero-order chi connectivity index (χ0) is 23.4. The number of carbonyl (C=O) groups is 1. The van der Waals surface area contributed by atoms with Gasteiger partial charge in [-0.15, -0.1) is 0 Å². The normalized spacial score (nSPS) is 12.4. The highest BCUT2D eigenvalue weighted by Gasteiger charge is 2.24. The lowest BCUT2D eigenvalue weighted by molar-refractivity contribution is -0.143. The van der Waals surface area contributed by atoms with Gasteiger partial charge in [0.1, 0.15) is 23.9 Å². The minimum Gasteiger partial charge on any atom is -0.496 e. The maximum Gasteiger partial charge on any atom is 0.322 e. The van der Waals surface area contributed by atoms with E-state index in [0.717, 1.165) is 5.56 Å². The Morgan fingerprint density at radius 2 is 2.03 bits per heavy atom. The molecule has 1 heterocycles. The van der Waals surface area contributed by atoms with Crippen molar-refractivity contribution < 1.29 is 19.0 Å². The highest BCUT2D eigenvalue weighted by atomic mass is 35.5. The molecule has 0 aliphatic heterocycles. The number of halogens is 2. The van der Waals surface area contributed by atoms with E-state index >= 15 is 0 Å². The molecule has 0 saturated heterocycles. The van der Waals surface area contributed by atoms with Crippen molar-refractivity contribution in [2.24, 2.45) is 0 Å². The molecule has 0 radical (unpaired) electrons. The third-order valence-corrected chi connectivity index (χ3v) is 5.31. The molecule has 1 aromatic heterocycles. The molecule has 32 heavy (non-hydrogen) atoms. The Balaban J connectivity index is 2.01. The topological polar surface area (TPSA) is 90.8 Å². The number of benzene rings is 2. The first kappa shape index (κ1) is 23.6. The first-order valence-corrected chi connectivity index (χ1v) is 10.2. The van der Waals surface area contributed by atoms with Gasteiger partial charge in [0.25, 0.3) is 0 Å². The van der Waals surface area contributed by atoms with Crippen molar-refractivity contribution in [3.63, 3.8) is 0 Å². The Morgan fingerprint density at radius 3 is 2.69 bits per heavy atom. The summed E-state index contributed by atoms with van der Waals surface area (Å²) in [7, 11) is 6.93. The third kappa shape index (κ3) is 5.24. The van der Waals surface area contributed by atoms with Crippen LogP contribution in [0.3, 0.4) is 0 Å². The van der Waals surface area contributed by atoms with Crippen molar-refractivity contribution >= 4 is 40.0 Å². The number of carboxylic acid groups (broad SMARTS) is 1. The maximum atomic E-state index is 14.4. The van der Waals surface area contributed by atoms with Crippen LogP contribution in [0.5, 0.6) is 5.75 Å². The number of nitrogens with zero attached hydrogens (tertiary/aromatic N) is 4. The molecule has 0 aliphatic rings. The summed E-state index contributed by atoms with van der Waals surface area (Å²) < 4.78 is 19.9. The molecule has 3 aromatic rings. The molecule has 170 valence electrons. The van der Waals surface area contributed by atoms with Gasteiger partial charge in [0, 0.05) is 30.1 Å². The number of methoxy groups -OCH3 is 1. The highest BCUT2D eigenvalue weighted by Crippen LogP contribution is 2.32. The van der Waals surface area contributed by atoms with Crippen LogP contribution in [0.2, 0.25) is 5.02 Å². The number of fused-ring (bicyclic) bond motifs is 1. The molecule has 0 bridgehead atoms. The van der Waals surface area contributed by atoms with Gasteiger partial charge in [-0.3, -0.25) is 9.69 Å². The predicted molar refractivity (Wildman–Crippen MR) is 122 cm³/mol. The highest BCUT2D eigenvalue weighted by molar-refractivity contribution is 6.31. The van der Waals surface area contributed by atoms with Gasteiger partial charge in [-0.2, -0.15) is 0 Å². The van der Waals surface area contributed by atoms with Crippen LogP contribution in [-0.4, -0.2) is 71.7 Å². The Bertz CT molecular complexity index is 1130. The van der Waals surface area contributed by atoms with Crippen molar-refractivity contribution in [1.82, 2.24) is 19.8 Å². The zero-order valence-electron chi connectivity index (χ0n) is 18.3. The van der Waals surface area contributed by atoms with Gasteiger partial charge in [0.15, 0.2) is 5.82 Å². The van der Waals surface area contributed by atoms with Crippen LogP contribution < -0.4 is 10.1 Å². The van der Waals surface area contributed by atoms with E-state index in [0.29, 0.717) is 35.6 Å². The molecule has 8 nitrogen and oxygen atoms in total. The second-order valence-electron chi connectivity index (χ2n) is 7.66. The SMILES string of the molecule is COc1cc2ncnc(Nc3cccc(Cl)c3F)c2cc1CN(C)[C@@H](CN(C)C)C(=O)O. The van der Waals surface area contributed by atoms with Crippen molar-refractivity contribution in [2.45, 2.75) is 12.6 Å². The fourth-order valence-corrected chi connectivity index (χ4v) is 3.58. The number of hydrogen-bond donors (Lipinski definition) is 2. The van der Waals surface area contributed by atoms with Crippen LogP contribution in [0.1, 0.15) is 5.56 Å². The van der Waals surface area contributed by atoms with E-state index in [-0.39, 0.29) is 10.7 Å². The van der Waals surface area contributed by atoms with Crippen LogP contribution in [-0.2, 0) is 11.3 Å². The fourth-order valence-electron chi connectivity index (χ4n) is 3.40. The van der Waals surface area contributed by atoms with E-state index in [1.165, 1.54) is 12.4 Å². The Labute approximate surface area is 190 Å². The van der Waals surface area contributed by atoms with E-state index in [4.69, 9.17) is 16.3 Å². The van der Waals surface area contributed by atoms with Gasteiger partial charge < -0.3 is 20.1 Å². The maximum absolute atomic E-state index is 14.4. The number of anilines is 2. The van der Waals surface area contributed by atoms with E-state index < -0.39 is 17.8 Å². The molecule has 0 fully saturated rings. The second-order valence-corrected chi connectivity index (χ2v) is 8.07. The van der Waals surface area contributed by atoms with Crippen LogP contribution in [0.25, 0.3) is 10.9 Å². The molecule has 0 aliphatic carbocycles. The summed E-state index contributed by atoms with van der Waals surface area (Å²) in [4.78, 5) is 23.9. The lowest BCUT2D eigenvalue weighted by Crippen LogP contribution is -2.44. The molecule has 1 atom stereocenters. The van der Waals surface area contributed by atoms with Gasteiger partial charge in [0.05, 0.1) is 23.3 Å². The average molecular weight is 462 g/mol. The average Bonchev–Trinajstić information content (AvgIpc) is 2.74. The number of nitrogens with one attached hydrogen (secondary N) is 1. The van der Waals surface area contributed by atoms with Crippen LogP contribution >= 0.6 is 11.6 Å². The number of carboxylic acids is 1. The molecule has 3 rings (SSSR count). The monoisotopic (exact) mass is 461 g/mol. The quantitative estimate of drug-likeness (QED) is 0.499. The molecule has 0 amide bonds. The van der Waals surface area contributed by atoms with Crippen LogP contribution in [0, 0.1) is 5.82 Å². The standard InChI is InChI=1S/C22H25ClFN5O3/c1-28(2)11-18(22(30)31)29(3)10-13-8-14-17(9-19(13)32-4)25-12-26-21(14)27-16-7-5-6-15(23)20(16)24/h5-9,12,18H,10-11H2,1-4H3,(H,30,31)(H,25,26,27)/t18-/m0/s1. The van der Waals surface area contributed by atoms with E-state index in [1.807, 2.05) is 25.1 Å². The van der Waals surface area contributed by atoms with Gasteiger partial charge in [-0.25, -0.2) is 14.4 Å². The summed E-state index contributed by atoms with van der Waals surface area (Å²) in [5.74, 6) is -0.534. The van der Waals surface area contributed by atoms with Crippen molar-refractivity contribution in [2.75, 3.05) is 40.1 Å². The van der Waals surface area contributed by atoms with Crippen molar-refractivity contribution in [3.8, 4) is 5.75 Å². The summed E-state index contributed by atoms with van der Waals surface area (Å²) in [5.41, 5.74) is 1.53. The second kappa shape index (κ2) is 10.1. The summed E-state index contributed by atoms with van der Waals surface area (Å²) >= 11 is 5.89. The summed E-state index contributed by atoms with van der Waals surface area (Å²) in [6.07, 6.45) is 1.37. The molecule has 2 N–H and O–H groups in total. The molecule has 0 spiro atoms. The van der Waals surface area contributed by atoms with Crippen molar-refractivity contribution in [3.05, 3.63) is 53.1 Å². The smallest absolute Gasteiger partial charge is 0.322 e. The first-order chi connectivity index (χ1) is 15.2. The predicted octanol–water partition coefficient (Wildman–Crippen LogP) is 3.62. The van der Waals surface area contributed by atoms with Gasteiger partial charge in [-0.05, 0) is 39.3 Å². The molecule has 10 heteroatoms. The number of hydrogen-bond acceptors (Lipinski definition) is 7. The van der Waals surface area contributed by atoms with Crippen LogP contribution in [0.15, 0.2) is 36.7 Å². The minimum atomic E-state index is -0.914. The van der Waals surface area contributed by atoms with Crippen molar-refractivity contribution in [1.29, 1.82) is 0 Å². The first-order valence-electron chi connectivity index (χ1n) is 9.81. The summed E-state index contributed by atoms with van der Waals surface area (Å²) in [6, 6.07) is 7.52. The Hall–Kier alpha value is -3.01. The number of aliphatic carboxylic acids is 1. The third-order valence-electron chi connectivity index (χ3n) is 5.02. The number of rotatable bonds is 9. The van der Waals surface area contributed by atoms with E-state index in [9.17, 15) is 14.3 Å². The number of aromatic nitrogens is 2. The fraction of sp³-hybridized carbons (Fsp3) is 0.318. The largest absolute Gasteiger partial charge is 0.496 e. The number of ether oxygens (including phenoxy) is 1. The molecule has 2 aromatic carbocycles. The lowest BCUT2D eigenvalue weighted by atomic mass is 10.1. The molecule has 0 unspecified atom stereocenters. The van der Waals surface area contributed by atoms with Crippen LogP contribution in [0.4, 0.5) is 15.9 Å². The summed E-state index contributed by atoms with van der Waals surface area (Å²) in [6.45, 7) is 0.662. The Kier molecular flexibility index (Phi) is 7.44. The Morgan fingerprint density at radius 1 is 1.28 bits per heavy atom. The van der Waals surface area contributed by atoms with E-state index in [1.54, 1.807) is 37.3 Å². The van der Waals surface area contributed by atoms with Gasteiger partial charge >= 0.3 is 5.97 Å². The minimum absolute atomic E-state index is 0.00190. The molecule has 0 saturated carbocycles. The zero-order valence-corrected chi connectivity index (χ0v) is 19.0.